The van der Waals surface area contributed by atoms with Crippen LogP contribution >= 0.6 is 11.3 Å². The molecule has 2 aliphatic heterocycles. The zero-order chi connectivity index (χ0) is 20.1. The van der Waals surface area contributed by atoms with Gasteiger partial charge in [0.15, 0.2) is 0 Å². The minimum atomic E-state index is -0.00472. The summed E-state index contributed by atoms with van der Waals surface area (Å²) in [5, 5.41) is 0.630. The number of aryl methyl sites for hydroxylation is 4. The lowest BCUT2D eigenvalue weighted by molar-refractivity contribution is 0.0988. The zero-order valence-electron chi connectivity index (χ0n) is 17.0. The number of fused-ring (bicyclic) bond motifs is 3. The molecule has 2 aliphatic rings. The van der Waals surface area contributed by atoms with Gasteiger partial charge in [-0.3, -0.25) is 14.2 Å². The van der Waals surface area contributed by atoms with E-state index in [1.54, 1.807) is 0 Å². The monoisotopic (exact) mass is 407 g/mol. The first-order valence-corrected chi connectivity index (χ1v) is 11.3. The van der Waals surface area contributed by atoms with E-state index < -0.39 is 0 Å². The topological polar surface area (TPSA) is 55.2 Å². The predicted molar refractivity (Wildman–Crippen MR) is 117 cm³/mol. The average Bonchev–Trinajstić information content (AvgIpc) is 2.88. The number of nitrogens with zero attached hydrogens (tertiary/aromatic N) is 3. The fraction of sp³-hybridized carbons (Fsp3) is 0.435. The molecule has 0 radical (unpaired) electrons. The zero-order valence-corrected chi connectivity index (χ0v) is 17.8. The molecule has 0 atom stereocenters. The van der Waals surface area contributed by atoms with E-state index in [2.05, 4.69) is 25.1 Å². The third-order valence-corrected chi connectivity index (χ3v) is 7.38. The van der Waals surface area contributed by atoms with Crippen LogP contribution in [0.15, 0.2) is 23.0 Å². The van der Waals surface area contributed by atoms with Crippen LogP contribution in [0, 0.1) is 13.8 Å². The molecule has 29 heavy (non-hydrogen) atoms. The lowest BCUT2D eigenvalue weighted by Crippen LogP contribution is -2.35. The summed E-state index contributed by atoms with van der Waals surface area (Å²) in [5.41, 5.74) is 4.26. The van der Waals surface area contributed by atoms with Crippen LogP contribution in [0.1, 0.15) is 57.9 Å². The van der Waals surface area contributed by atoms with Crippen molar-refractivity contribution in [2.45, 2.75) is 58.9 Å². The van der Waals surface area contributed by atoms with Crippen molar-refractivity contribution < 1.29 is 4.79 Å². The van der Waals surface area contributed by atoms with Gasteiger partial charge in [-0.25, -0.2) is 4.98 Å². The number of amides is 1. The number of rotatable bonds is 1. The number of anilines is 1. The molecule has 0 fully saturated rings. The van der Waals surface area contributed by atoms with E-state index in [-0.39, 0.29) is 11.5 Å². The molecule has 0 saturated carbocycles. The minimum Gasteiger partial charge on any atom is -0.307 e. The second kappa shape index (κ2) is 7.10. The molecule has 3 aromatic rings. The molecule has 5 rings (SSSR count). The number of carbonyl (C=O) groups excluding carboxylic acids is 1. The van der Waals surface area contributed by atoms with E-state index >= 15 is 0 Å². The highest BCUT2D eigenvalue weighted by Gasteiger charge is 2.28. The molecular weight excluding hydrogens is 382 g/mol. The van der Waals surface area contributed by atoms with Crippen LogP contribution in [0.5, 0.6) is 0 Å². The van der Waals surface area contributed by atoms with Gasteiger partial charge in [0.25, 0.3) is 11.5 Å². The van der Waals surface area contributed by atoms with Crippen LogP contribution in [0.3, 0.4) is 0 Å². The smallest absolute Gasteiger partial charge is 0.268 e. The van der Waals surface area contributed by atoms with Crippen LogP contribution in [-0.4, -0.2) is 22.0 Å². The van der Waals surface area contributed by atoms with Crippen molar-refractivity contribution in [2.24, 2.45) is 0 Å². The van der Waals surface area contributed by atoms with Gasteiger partial charge in [0, 0.05) is 25.2 Å². The van der Waals surface area contributed by atoms with Gasteiger partial charge in [0.1, 0.15) is 10.7 Å². The molecule has 2 aromatic heterocycles. The van der Waals surface area contributed by atoms with Gasteiger partial charge in [0.2, 0.25) is 0 Å². The summed E-state index contributed by atoms with van der Waals surface area (Å²) < 4.78 is 1.84. The first kappa shape index (κ1) is 18.6. The van der Waals surface area contributed by atoms with E-state index in [0.717, 1.165) is 62.1 Å². The Labute approximate surface area is 174 Å². The Hall–Kier alpha value is -2.47. The van der Waals surface area contributed by atoms with E-state index in [9.17, 15) is 9.59 Å². The Morgan fingerprint density at radius 2 is 1.93 bits per heavy atom. The van der Waals surface area contributed by atoms with Gasteiger partial charge in [-0.05, 0) is 56.7 Å². The number of hydrogen-bond acceptors (Lipinski definition) is 4. The van der Waals surface area contributed by atoms with E-state index in [0.29, 0.717) is 21.6 Å². The largest absolute Gasteiger partial charge is 0.307 e. The third-order valence-electron chi connectivity index (χ3n) is 6.20. The van der Waals surface area contributed by atoms with Crippen LogP contribution in [-0.2, 0) is 19.4 Å². The molecule has 1 aromatic carbocycles. The standard InChI is InChI=1S/C23H25N3O2S/c1-14-9-10-17-16(13-14)7-6-12-25(17)23(28)20-15(2)19-21(29-20)24-18-8-4-3-5-11-26(18)22(19)27/h9-10,13H,3-8,11-12H2,1-2H3. The summed E-state index contributed by atoms with van der Waals surface area (Å²) in [6.07, 6.45) is 6.01. The van der Waals surface area contributed by atoms with Crippen molar-refractivity contribution in [2.75, 3.05) is 11.4 Å². The molecule has 0 spiro atoms. The molecule has 150 valence electrons. The third kappa shape index (κ3) is 3.01. The Morgan fingerprint density at radius 1 is 1.07 bits per heavy atom. The summed E-state index contributed by atoms with van der Waals surface area (Å²) in [6.45, 7) is 5.43. The molecule has 0 unspecified atom stereocenters. The summed E-state index contributed by atoms with van der Waals surface area (Å²) in [4.78, 5) is 34.8. The first-order chi connectivity index (χ1) is 14.0. The lowest BCUT2D eigenvalue weighted by Gasteiger charge is -2.29. The minimum absolute atomic E-state index is 0.00472. The summed E-state index contributed by atoms with van der Waals surface area (Å²) >= 11 is 1.38. The number of benzene rings is 1. The lowest BCUT2D eigenvalue weighted by atomic mass is 9.99. The van der Waals surface area contributed by atoms with Crippen molar-refractivity contribution in [3.63, 3.8) is 0 Å². The fourth-order valence-corrected chi connectivity index (χ4v) is 5.81. The maximum Gasteiger partial charge on any atom is 0.268 e. The van der Waals surface area contributed by atoms with E-state index in [1.165, 1.54) is 22.5 Å². The average molecular weight is 408 g/mol. The number of hydrogen-bond donors (Lipinski definition) is 0. The molecule has 0 N–H and O–H groups in total. The normalized spacial score (nSPS) is 16.4. The van der Waals surface area contributed by atoms with E-state index in [4.69, 9.17) is 4.98 Å². The van der Waals surface area contributed by atoms with Crippen molar-refractivity contribution in [1.82, 2.24) is 9.55 Å². The molecule has 4 heterocycles. The summed E-state index contributed by atoms with van der Waals surface area (Å²) in [5.74, 6) is 0.869. The fourth-order valence-electron chi connectivity index (χ4n) is 4.67. The quantitative estimate of drug-likeness (QED) is 0.601. The highest BCUT2D eigenvalue weighted by Crippen LogP contribution is 2.34. The Kier molecular flexibility index (Phi) is 4.54. The van der Waals surface area contributed by atoms with Gasteiger partial charge in [-0.2, -0.15) is 0 Å². The van der Waals surface area contributed by atoms with Crippen LogP contribution in [0.25, 0.3) is 10.2 Å². The van der Waals surface area contributed by atoms with Crippen LogP contribution < -0.4 is 10.5 Å². The highest BCUT2D eigenvalue weighted by molar-refractivity contribution is 7.20. The van der Waals surface area contributed by atoms with Crippen LogP contribution in [0.2, 0.25) is 0 Å². The molecule has 6 heteroatoms. The van der Waals surface area contributed by atoms with Crippen molar-refractivity contribution in [3.8, 4) is 0 Å². The molecule has 0 bridgehead atoms. The molecule has 0 saturated heterocycles. The second-order valence-corrected chi connectivity index (χ2v) is 9.22. The van der Waals surface area contributed by atoms with Gasteiger partial charge >= 0.3 is 0 Å². The van der Waals surface area contributed by atoms with Gasteiger partial charge in [-0.1, -0.05) is 24.1 Å². The second-order valence-electron chi connectivity index (χ2n) is 8.22. The van der Waals surface area contributed by atoms with Gasteiger partial charge in [0.05, 0.1) is 10.3 Å². The Balaban J connectivity index is 1.62. The maximum atomic E-state index is 13.5. The molecule has 5 nitrogen and oxygen atoms in total. The van der Waals surface area contributed by atoms with Gasteiger partial charge in [-0.15, -0.1) is 11.3 Å². The van der Waals surface area contributed by atoms with Crippen molar-refractivity contribution in [3.05, 3.63) is 55.9 Å². The van der Waals surface area contributed by atoms with Crippen molar-refractivity contribution >= 4 is 33.1 Å². The maximum absolute atomic E-state index is 13.5. The SMILES string of the molecule is Cc1ccc2c(c1)CCCN2C(=O)c1sc2nc3n(c(=O)c2c1C)CCCCC3. The van der Waals surface area contributed by atoms with Crippen LogP contribution in [0.4, 0.5) is 5.69 Å². The number of aromatic nitrogens is 2. The number of carbonyl (C=O) groups is 1. The Morgan fingerprint density at radius 3 is 2.79 bits per heavy atom. The molecule has 0 aliphatic carbocycles. The van der Waals surface area contributed by atoms with Crippen molar-refractivity contribution in [1.29, 1.82) is 0 Å². The molecular formula is C23H25N3O2S. The summed E-state index contributed by atoms with van der Waals surface area (Å²) in [7, 11) is 0. The molecule has 1 amide bonds. The van der Waals surface area contributed by atoms with Gasteiger partial charge < -0.3 is 4.90 Å². The number of thiophene rings is 1. The Bertz CT molecular complexity index is 1190. The highest BCUT2D eigenvalue weighted by atomic mass is 32.1. The first-order valence-electron chi connectivity index (χ1n) is 10.5. The predicted octanol–water partition coefficient (Wildman–Crippen LogP) is 4.39. The summed E-state index contributed by atoms with van der Waals surface area (Å²) in [6, 6.07) is 6.30. The van der Waals surface area contributed by atoms with E-state index in [1.807, 2.05) is 16.4 Å².